The molecule has 0 aliphatic heterocycles. The number of nitrogen functional groups attached to an aromatic ring is 1. The molecule has 8 heteroatoms. The third kappa shape index (κ3) is 6.37. The molecule has 0 heterocycles. The third-order valence-corrected chi connectivity index (χ3v) is 2.26. The van der Waals surface area contributed by atoms with Gasteiger partial charge in [-0.05, 0) is 24.6 Å². The lowest BCUT2D eigenvalue weighted by atomic mass is 10.2. The lowest BCUT2D eigenvalue weighted by Crippen LogP contribution is -2.19. The Morgan fingerprint density at radius 2 is 2.05 bits per heavy atom. The lowest BCUT2D eigenvalue weighted by Gasteiger charge is -2.08. The molecule has 4 nitrogen and oxygen atoms in total. The van der Waals surface area contributed by atoms with Gasteiger partial charge in [0.1, 0.15) is 12.4 Å². The van der Waals surface area contributed by atoms with Crippen LogP contribution in [0.3, 0.4) is 0 Å². The second-order valence-electron chi connectivity index (χ2n) is 4.06. The van der Waals surface area contributed by atoms with Crippen LogP contribution in [0.5, 0.6) is 0 Å². The molecule has 0 aromatic heterocycles. The van der Waals surface area contributed by atoms with Crippen molar-refractivity contribution in [3.63, 3.8) is 0 Å². The topological polar surface area (TPSA) is 64.3 Å². The first-order valence-corrected chi connectivity index (χ1v) is 5.77. The van der Waals surface area contributed by atoms with Crippen LogP contribution in [0, 0.1) is 5.82 Å². The molecule has 1 rings (SSSR count). The molecule has 0 fully saturated rings. The predicted molar refractivity (Wildman–Crippen MR) is 65.6 cm³/mol. The summed E-state index contributed by atoms with van der Waals surface area (Å²) in [6, 6.07) is 3.64. The normalized spacial score (nSPS) is 11.4. The number of nitrogens with two attached hydrogens (primary N) is 1. The molecule has 0 atom stereocenters. The van der Waals surface area contributed by atoms with E-state index < -0.39 is 24.3 Å². The van der Waals surface area contributed by atoms with Crippen molar-refractivity contribution in [2.45, 2.75) is 19.0 Å². The van der Waals surface area contributed by atoms with Crippen molar-refractivity contribution in [1.82, 2.24) is 0 Å². The number of anilines is 2. The number of nitrogens with one attached hydrogen (secondary N) is 1. The number of ether oxygens (including phenoxy) is 1. The van der Waals surface area contributed by atoms with Gasteiger partial charge in [-0.3, -0.25) is 4.79 Å². The lowest BCUT2D eigenvalue weighted by molar-refractivity contribution is -0.138. The van der Waals surface area contributed by atoms with Crippen molar-refractivity contribution in [1.29, 1.82) is 0 Å². The highest BCUT2D eigenvalue weighted by atomic mass is 19.4. The van der Waals surface area contributed by atoms with Gasteiger partial charge < -0.3 is 15.8 Å². The number of alkyl halides is 3. The van der Waals surface area contributed by atoms with Gasteiger partial charge in [-0.15, -0.1) is 0 Å². The second kappa shape index (κ2) is 7.09. The molecule has 1 amide bonds. The minimum absolute atomic E-state index is 0.117. The summed E-state index contributed by atoms with van der Waals surface area (Å²) in [4.78, 5) is 11.4. The minimum atomic E-state index is -4.22. The van der Waals surface area contributed by atoms with Crippen LogP contribution < -0.4 is 11.1 Å². The Hall–Kier alpha value is -1.83. The van der Waals surface area contributed by atoms with Crippen molar-refractivity contribution in [2.24, 2.45) is 0 Å². The van der Waals surface area contributed by atoms with Crippen molar-refractivity contribution in [3.05, 3.63) is 24.0 Å². The molecule has 0 unspecified atom stereocenters. The first-order valence-electron chi connectivity index (χ1n) is 5.77. The Morgan fingerprint density at radius 3 is 2.65 bits per heavy atom. The van der Waals surface area contributed by atoms with E-state index >= 15 is 0 Å². The molecule has 0 spiro atoms. The molecular formula is C12H14F4N2O2. The first-order chi connectivity index (χ1) is 9.28. The second-order valence-corrected chi connectivity index (χ2v) is 4.06. The number of hydrogen-bond acceptors (Lipinski definition) is 3. The maximum Gasteiger partial charge on any atom is 0.389 e. The van der Waals surface area contributed by atoms with Crippen molar-refractivity contribution in [2.75, 3.05) is 24.3 Å². The van der Waals surface area contributed by atoms with Crippen LogP contribution >= 0.6 is 0 Å². The molecule has 0 radical (unpaired) electrons. The van der Waals surface area contributed by atoms with E-state index in [9.17, 15) is 22.4 Å². The molecule has 0 aliphatic carbocycles. The molecule has 112 valence electrons. The van der Waals surface area contributed by atoms with Gasteiger partial charge in [-0.25, -0.2) is 4.39 Å². The predicted octanol–water partition coefficient (Wildman–Crippen LogP) is 2.71. The number of carbonyl (C=O) groups excluding carboxylic acids is 1. The number of amides is 1. The van der Waals surface area contributed by atoms with E-state index in [1.165, 1.54) is 12.1 Å². The van der Waals surface area contributed by atoms with Crippen molar-refractivity contribution < 1.29 is 27.1 Å². The van der Waals surface area contributed by atoms with E-state index in [-0.39, 0.29) is 31.0 Å². The molecule has 0 bridgehead atoms. The number of rotatable bonds is 6. The van der Waals surface area contributed by atoms with Crippen LogP contribution in [-0.4, -0.2) is 25.3 Å². The Labute approximate surface area is 112 Å². The number of halogens is 4. The Kier molecular flexibility index (Phi) is 5.75. The van der Waals surface area contributed by atoms with Gasteiger partial charge in [-0.1, -0.05) is 0 Å². The fourth-order valence-electron chi connectivity index (χ4n) is 1.36. The fraction of sp³-hybridized carbons (Fsp3) is 0.417. The zero-order valence-corrected chi connectivity index (χ0v) is 10.5. The number of benzene rings is 1. The van der Waals surface area contributed by atoms with Gasteiger partial charge in [-0.2, -0.15) is 13.2 Å². The van der Waals surface area contributed by atoms with Crippen molar-refractivity contribution >= 4 is 17.3 Å². The van der Waals surface area contributed by atoms with Gasteiger partial charge in [0.2, 0.25) is 5.91 Å². The SMILES string of the molecule is Nc1cc(NC(=O)COCCCC(F)(F)F)ccc1F. The zero-order valence-electron chi connectivity index (χ0n) is 10.5. The monoisotopic (exact) mass is 294 g/mol. The molecular weight excluding hydrogens is 280 g/mol. The van der Waals surface area contributed by atoms with Crippen LogP contribution in [0.15, 0.2) is 18.2 Å². The van der Waals surface area contributed by atoms with Gasteiger partial charge in [0.25, 0.3) is 0 Å². The first kappa shape index (κ1) is 16.2. The third-order valence-electron chi connectivity index (χ3n) is 2.26. The molecule has 0 aliphatic rings. The number of hydrogen-bond donors (Lipinski definition) is 2. The maximum absolute atomic E-state index is 12.9. The summed E-state index contributed by atoms with van der Waals surface area (Å²) in [5.74, 6) is -1.16. The average molecular weight is 294 g/mol. The van der Waals surface area contributed by atoms with Crippen LogP contribution in [0.1, 0.15) is 12.8 Å². The van der Waals surface area contributed by atoms with Gasteiger partial charge in [0.05, 0.1) is 5.69 Å². The summed E-state index contributed by atoms with van der Waals surface area (Å²) in [5.41, 5.74) is 5.48. The summed E-state index contributed by atoms with van der Waals surface area (Å²) < 4.78 is 53.1. The van der Waals surface area contributed by atoms with Crippen LogP contribution in [-0.2, 0) is 9.53 Å². The van der Waals surface area contributed by atoms with E-state index in [0.29, 0.717) is 0 Å². The minimum Gasteiger partial charge on any atom is -0.396 e. The fourth-order valence-corrected chi connectivity index (χ4v) is 1.36. The highest BCUT2D eigenvalue weighted by Crippen LogP contribution is 2.21. The molecule has 3 N–H and O–H groups in total. The van der Waals surface area contributed by atoms with Crippen molar-refractivity contribution in [3.8, 4) is 0 Å². The van der Waals surface area contributed by atoms with Crippen LogP contribution in [0.4, 0.5) is 28.9 Å². The summed E-state index contributed by atoms with van der Waals surface area (Å²) in [6.45, 7) is -0.548. The Morgan fingerprint density at radius 1 is 1.35 bits per heavy atom. The smallest absolute Gasteiger partial charge is 0.389 e. The zero-order chi connectivity index (χ0) is 15.2. The summed E-state index contributed by atoms with van der Waals surface area (Å²) in [7, 11) is 0. The molecule has 0 saturated carbocycles. The van der Waals surface area contributed by atoms with E-state index in [2.05, 4.69) is 5.32 Å². The molecule has 1 aromatic carbocycles. The highest BCUT2D eigenvalue weighted by molar-refractivity contribution is 5.92. The van der Waals surface area contributed by atoms with Gasteiger partial charge >= 0.3 is 6.18 Å². The van der Waals surface area contributed by atoms with E-state index in [0.717, 1.165) is 6.07 Å². The van der Waals surface area contributed by atoms with E-state index in [1.807, 2.05) is 0 Å². The average Bonchev–Trinajstić information content (AvgIpc) is 2.32. The Bertz CT molecular complexity index is 463. The van der Waals surface area contributed by atoms with E-state index in [4.69, 9.17) is 10.5 Å². The van der Waals surface area contributed by atoms with Gasteiger partial charge in [0, 0.05) is 18.7 Å². The van der Waals surface area contributed by atoms with E-state index in [1.54, 1.807) is 0 Å². The molecule has 0 saturated heterocycles. The Balaban J connectivity index is 2.25. The summed E-state index contributed by atoms with van der Waals surface area (Å²) >= 11 is 0. The standard InChI is InChI=1S/C12H14F4N2O2/c13-9-3-2-8(6-10(9)17)18-11(19)7-20-5-1-4-12(14,15)16/h2-3,6H,1,4-5,7,17H2,(H,18,19). The highest BCUT2D eigenvalue weighted by Gasteiger charge is 2.25. The number of carbonyl (C=O) groups is 1. The quantitative estimate of drug-likeness (QED) is 0.481. The molecule has 20 heavy (non-hydrogen) atoms. The summed E-state index contributed by atoms with van der Waals surface area (Å²) in [6.07, 6.45) is -5.39. The summed E-state index contributed by atoms with van der Waals surface area (Å²) in [5, 5.41) is 2.38. The van der Waals surface area contributed by atoms with Gasteiger partial charge in [0.15, 0.2) is 0 Å². The van der Waals surface area contributed by atoms with Crippen LogP contribution in [0.25, 0.3) is 0 Å². The van der Waals surface area contributed by atoms with Crippen LogP contribution in [0.2, 0.25) is 0 Å². The largest absolute Gasteiger partial charge is 0.396 e. The maximum atomic E-state index is 12.9. The molecule has 1 aromatic rings.